The van der Waals surface area contributed by atoms with Gasteiger partial charge in [0, 0.05) is 22.6 Å². The van der Waals surface area contributed by atoms with Gasteiger partial charge in [0.2, 0.25) is 0 Å². The number of benzene rings is 2. The molecule has 5 N–H and O–H groups in total. The Bertz CT molecular complexity index is 780. The third-order valence-corrected chi connectivity index (χ3v) is 5.37. The van der Waals surface area contributed by atoms with Gasteiger partial charge in [-0.05, 0) is 50.2 Å². The highest BCUT2D eigenvalue weighted by molar-refractivity contribution is 7.62. The molecule has 0 aliphatic carbocycles. The molecule has 2 aromatic carbocycles. The molecule has 134 valence electrons. The van der Waals surface area contributed by atoms with Crippen LogP contribution in [0.4, 0.5) is 17.1 Å². The second kappa shape index (κ2) is 8.16. The van der Waals surface area contributed by atoms with Crippen molar-refractivity contribution in [2.24, 2.45) is 0 Å². The summed E-state index contributed by atoms with van der Waals surface area (Å²) in [5, 5.41) is 3.10. The van der Waals surface area contributed by atoms with E-state index in [4.69, 9.17) is 20.5 Å². The van der Waals surface area contributed by atoms with Crippen molar-refractivity contribution in [1.82, 2.24) is 0 Å². The van der Waals surface area contributed by atoms with Crippen LogP contribution >= 0.6 is 7.60 Å². The van der Waals surface area contributed by atoms with E-state index in [1.165, 1.54) is 12.1 Å². The van der Waals surface area contributed by atoms with E-state index in [9.17, 15) is 9.36 Å². The van der Waals surface area contributed by atoms with Gasteiger partial charge in [-0.25, -0.2) is 0 Å². The molecule has 0 saturated heterocycles. The monoisotopic (exact) mass is 363 g/mol. The number of nitrogens with one attached hydrogen (secondary N) is 1. The maximum Gasteiger partial charge on any atom is 0.361 e. The van der Waals surface area contributed by atoms with Crippen molar-refractivity contribution in [2.75, 3.05) is 30.0 Å². The minimum absolute atomic E-state index is 0.246. The molecule has 0 aliphatic rings. The topological polar surface area (TPSA) is 117 Å². The van der Waals surface area contributed by atoms with Gasteiger partial charge in [0.15, 0.2) is 0 Å². The molecule has 0 aromatic heterocycles. The van der Waals surface area contributed by atoms with Gasteiger partial charge >= 0.3 is 7.60 Å². The highest BCUT2D eigenvalue weighted by Gasteiger charge is 2.26. The fraction of sp³-hybridized carbons (Fsp3) is 0.235. The zero-order valence-electron chi connectivity index (χ0n) is 14.2. The van der Waals surface area contributed by atoms with Gasteiger partial charge in [0.1, 0.15) is 0 Å². The molecular formula is C17H22N3O4P. The minimum atomic E-state index is -3.42. The van der Waals surface area contributed by atoms with Crippen molar-refractivity contribution < 1.29 is 18.4 Å². The maximum absolute atomic E-state index is 12.8. The molecular weight excluding hydrogens is 341 g/mol. The second-order valence-corrected chi connectivity index (χ2v) is 7.25. The second-order valence-electron chi connectivity index (χ2n) is 5.23. The lowest BCUT2D eigenvalue weighted by molar-refractivity contribution is 0.102. The normalized spacial score (nSPS) is 11.3. The quantitative estimate of drug-likeness (QED) is 0.514. The zero-order valence-corrected chi connectivity index (χ0v) is 15.1. The molecule has 7 nitrogen and oxygen atoms in total. The summed E-state index contributed by atoms with van der Waals surface area (Å²) in [7, 11) is -3.42. The first kappa shape index (κ1) is 19.0. The molecule has 8 heteroatoms. The van der Waals surface area contributed by atoms with Crippen molar-refractivity contribution in [3.63, 3.8) is 0 Å². The molecule has 0 spiro atoms. The van der Waals surface area contributed by atoms with Crippen LogP contribution in [-0.4, -0.2) is 19.1 Å². The van der Waals surface area contributed by atoms with Crippen LogP contribution in [0, 0.1) is 0 Å². The largest absolute Gasteiger partial charge is 0.399 e. The van der Waals surface area contributed by atoms with Crippen molar-refractivity contribution in [3.05, 3.63) is 48.0 Å². The predicted octanol–water partition coefficient (Wildman–Crippen LogP) is 2.99. The molecule has 0 aliphatic heterocycles. The number of nitrogen functional groups attached to an aromatic ring is 2. The van der Waals surface area contributed by atoms with E-state index in [0.717, 1.165) is 0 Å². The fourth-order valence-electron chi connectivity index (χ4n) is 2.29. The van der Waals surface area contributed by atoms with E-state index >= 15 is 0 Å². The summed E-state index contributed by atoms with van der Waals surface area (Å²) in [6, 6.07) is 11.2. The Balaban J connectivity index is 2.26. The van der Waals surface area contributed by atoms with E-state index in [2.05, 4.69) is 5.32 Å². The van der Waals surface area contributed by atoms with Gasteiger partial charge in [-0.1, -0.05) is 6.07 Å². The van der Waals surface area contributed by atoms with Crippen LogP contribution in [0.3, 0.4) is 0 Å². The Morgan fingerprint density at radius 3 is 2.20 bits per heavy atom. The maximum atomic E-state index is 12.8. The molecule has 0 heterocycles. The molecule has 2 aromatic rings. The smallest absolute Gasteiger partial charge is 0.361 e. The van der Waals surface area contributed by atoms with Crippen LogP contribution in [0.5, 0.6) is 0 Å². The van der Waals surface area contributed by atoms with Gasteiger partial charge in [-0.3, -0.25) is 9.36 Å². The molecule has 0 fully saturated rings. The molecule has 0 radical (unpaired) electrons. The third kappa shape index (κ3) is 4.82. The van der Waals surface area contributed by atoms with E-state index in [-0.39, 0.29) is 19.1 Å². The lowest BCUT2D eigenvalue weighted by atomic mass is 10.1. The Morgan fingerprint density at radius 2 is 1.64 bits per heavy atom. The summed E-state index contributed by atoms with van der Waals surface area (Å²) in [6.07, 6.45) is 0. The van der Waals surface area contributed by atoms with Crippen molar-refractivity contribution in [3.8, 4) is 0 Å². The third-order valence-electron chi connectivity index (χ3n) is 3.26. The lowest BCUT2D eigenvalue weighted by Gasteiger charge is -2.18. The predicted molar refractivity (Wildman–Crippen MR) is 100 cm³/mol. The Kier molecular flexibility index (Phi) is 6.20. The Morgan fingerprint density at radius 1 is 1.04 bits per heavy atom. The first-order chi connectivity index (χ1) is 11.9. The summed E-state index contributed by atoms with van der Waals surface area (Å²) in [6.45, 7) is 3.97. The highest BCUT2D eigenvalue weighted by Crippen LogP contribution is 2.47. The van der Waals surface area contributed by atoms with Crippen LogP contribution in [0.15, 0.2) is 42.5 Å². The Labute approximate surface area is 146 Å². The highest BCUT2D eigenvalue weighted by atomic mass is 31.2. The number of carbonyl (C=O) groups is 1. The van der Waals surface area contributed by atoms with E-state index in [1.54, 1.807) is 44.2 Å². The van der Waals surface area contributed by atoms with Gasteiger partial charge < -0.3 is 25.8 Å². The van der Waals surface area contributed by atoms with Crippen LogP contribution in [-0.2, 0) is 13.6 Å². The number of carbonyl (C=O) groups excluding carboxylic acids is 1. The van der Waals surface area contributed by atoms with Crippen molar-refractivity contribution in [2.45, 2.75) is 13.8 Å². The minimum Gasteiger partial charge on any atom is -0.399 e. The van der Waals surface area contributed by atoms with Crippen LogP contribution in [0.2, 0.25) is 0 Å². The average molecular weight is 363 g/mol. The van der Waals surface area contributed by atoms with Gasteiger partial charge in [0.25, 0.3) is 5.91 Å². The van der Waals surface area contributed by atoms with Crippen LogP contribution in [0.1, 0.15) is 24.2 Å². The number of nitrogens with two attached hydrogens (primary N) is 2. The van der Waals surface area contributed by atoms with E-state index in [0.29, 0.717) is 27.9 Å². The number of hydrogen-bond donors (Lipinski definition) is 3. The van der Waals surface area contributed by atoms with Gasteiger partial charge in [-0.2, -0.15) is 0 Å². The van der Waals surface area contributed by atoms with E-state index in [1.807, 2.05) is 0 Å². The standard InChI is InChI=1S/C17H22N3O4P/c1-3-23-25(22,24-4-2)16-7-5-6-15(11-16)20-17(21)12-8-13(18)10-14(19)9-12/h5-11H,3-4,18-19H2,1-2H3,(H,20,21). The number of rotatable bonds is 7. The molecule has 0 bridgehead atoms. The molecule has 0 atom stereocenters. The summed E-state index contributed by atoms with van der Waals surface area (Å²) < 4.78 is 23.5. The SMILES string of the molecule is CCOP(=O)(OCC)c1cccc(NC(=O)c2cc(N)cc(N)c2)c1. The van der Waals surface area contributed by atoms with Gasteiger partial charge in [-0.15, -0.1) is 0 Å². The molecule has 25 heavy (non-hydrogen) atoms. The summed E-state index contributed by atoms with van der Waals surface area (Å²) in [4.78, 5) is 12.4. The van der Waals surface area contributed by atoms with Gasteiger partial charge in [0.05, 0.1) is 18.5 Å². The Hall–Kier alpha value is -2.34. The molecule has 0 saturated carbocycles. The average Bonchev–Trinajstić information content (AvgIpc) is 2.54. The van der Waals surface area contributed by atoms with Crippen LogP contribution in [0.25, 0.3) is 0 Å². The number of amides is 1. The first-order valence-electron chi connectivity index (χ1n) is 7.85. The summed E-state index contributed by atoms with van der Waals surface area (Å²) >= 11 is 0. The molecule has 1 amide bonds. The molecule has 0 unspecified atom stereocenters. The van der Waals surface area contributed by atoms with E-state index < -0.39 is 7.60 Å². The zero-order chi connectivity index (χ0) is 18.4. The number of hydrogen-bond acceptors (Lipinski definition) is 6. The fourth-order valence-corrected chi connectivity index (χ4v) is 3.91. The molecule has 2 rings (SSSR count). The lowest BCUT2D eigenvalue weighted by Crippen LogP contribution is -2.16. The number of anilines is 3. The van der Waals surface area contributed by atoms with Crippen LogP contribution < -0.4 is 22.1 Å². The van der Waals surface area contributed by atoms with Crippen molar-refractivity contribution in [1.29, 1.82) is 0 Å². The summed E-state index contributed by atoms with van der Waals surface area (Å²) in [5.74, 6) is -0.376. The summed E-state index contributed by atoms with van der Waals surface area (Å²) in [5.41, 5.74) is 13.0. The van der Waals surface area contributed by atoms with Crippen molar-refractivity contribution >= 4 is 35.9 Å². The first-order valence-corrected chi connectivity index (χ1v) is 9.39.